The number of aliphatic hydroxyl groups is 1. The summed E-state index contributed by atoms with van der Waals surface area (Å²) in [5.74, 6) is 0.309. The smallest absolute Gasteiger partial charge is 0.252 e. The molecule has 1 amide bonds. The number of hydrogen-bond acceptors (Lipinski definition) is 3. The van der Waals surface area contributed by atoms with Crippen molar-refractivity contribution in [3.63, 3.8) is 0 Å². The fourth-order valence-electron chi connectivity index (χ4n) is 2.91. The van der Waals surface area contributed by atoms with Crippen LogP contribution in [0.4, 0.5) is 0 Å². The zero-order chi connectivity index (χ0) is 20.1. The van der Waals surface area contributed by atoms with Crippen molar-refractivity contribution >= 4 is 21.8 Å². The van der Waals surface area contributed by atoms with Crippen molar-refractivity contribution in [1.29, 1.82) is 0 Å². The van der Waals surface area contributed by atoms with E-state index in [1.165, 1.54) is 0 Å². The summed E-state index contributed by atoms with van der Waals surface area (Å²) in [7, 11) is 1.55. The number of carbonyl (C=O) groups excluding carboxylic acids is 1. The lowest BCUT2D eigenvalue weighted by molar-refractivity contribution is 0.0526. The van der Waals surface area contributed by atoms with E-state index in [0.717, 1.165) is 16.7 Å². The van der Waals surface area contributed by atoms with Gasteiger partial charge in [-0.2, -0.15) is 0 Å². The molecule has 0 heterocycles. The summed E-state index contributed by atoms with van der Waals surface area (Å²) < 4.78 is 5.84. The average molecular weight is 440 g/mol. The molecule has 0 aromatic heterocycles. The number of methoxy groups -OCH3 is 1. The van der Waals surface area contributed by atoms with Crippen LogP contribution in [0.15, 0.2) is 77.3 Å². The van der Waals surface area contributed by atoms with E-state index in [-0.39, 0.29) is 12.5 Å². The molecule has 0 fully saturated rings. The molecule has 5 heteroatoms. The first-order valence-corrected chi connectivity index (χ1v) is 9.70. The van der Waals surface area contributed by atoms with Gasteiger partial charge in [0.15, 0.2) is 0 Å². The molecule has 28 heavy (non-hydrogen) atoms. The second-order valence-electron chi connectivity index (χ2n) is 6.75. The van der Waals surface area contributed by atoms with Gasteiger partial charge in [0.05, 0.1) is 19.2 Å². The fourth-order valence-corrected chi connectivity index (χ4v) is 3.33. The Morgan fingerprint density at radius 1 is 1.04 bits per heavy atom. The van der Waals surface area contributed by atoms with Crippen LogP contribution in [-0.4, -0.2) is 24.7 Å². The molecule has 0 spiro atoms. The van der Waals surface area contributed by atoms with Gasteiger partial charge in [-0.3, -0.25) is 4.79 Å². The van der Waals surface area contributed by atoms with Crippen LogP contribution in [0.1, 0.15) is 22.8 Å². The molecule has 0 saturated carbocycles. The topological polar surface area (TPSA) is 58.6 Å². The molecule has 0 radical (unpaired) electrons. The van der Waals surface area contributed by atoms with Crippen LogP contribution in [0.2, 0.25) is 0 Å². The summed E-state index contributed by atoms with van der Waals surface area (Å²) in [6.45, 7) is 1.77. The van der Waals surface area contributed by atoms with Crippen molar-refractivity contribution in [2.45, 2.75) is 12.5 Å². The molecular formula is C23H22BrNO3. The highest BCUT2D eigenvalue weighted by atomic mass is 79.9. The highest BCUT2D eigenvalue weighted by Crippen LogP contribution is 2.26. The maximum atomic E-state index is 12.5. The largest absolute Gasteiger partial charge is 0.497 e. The predicted molar refractivity (Wildman–Crippen MR) is 114 cm³/mol. The van der Waals surface area contributed by atoms with Gasteiger partial charge in [-0.15, -0.1) is 0 Å². The van der Waals surface area contributed by atoms with Gasteiger partial charge in [0.1, 0.15) is 11.4 Å². The molecule has 0 aliphatic carbocycles. The van der Waals surface area contributed by atoms with E-state index >= 15 is 0 Å². The molecule has 3 rings (SSSR count). The molecule has 0 bridgehead atoms. The first kappa shape index (κ1) is 20.1. The van der Waals surface area contributed by atoms with Crippen LogP contribution in [0.25, 0.3) is 11.1 Å². The average Bonchev–Trinajstić information content (AvgIpc) is 2.73. The molecule has 0 aliphatic heterocycles. The number of ether oxygens (including phenoxy) is 1. The van der Waals surface area contributed by atoms with E-state index < -0.39 is 5.60 Å². The number of hydrogen-bond donors (Lipinski definition) is 2. The highest BCUT2D eigenvalue weighted by Gasteiger charge is 2.24. The van der Waals surface area contributed by atoms with Crippen LogP contribution >= 0.6 is 15.9 Å². The zero-order valence-electron chi connectivity index (χ0n) is 15.8. The number of carbonyl (C=O) groups is 1. The Bertz CT molecular complexity index is 953. The van der Waals surface area contributed by atoms with E-state index in [1.807, 2.05) is 54.6 Å². The first-order valence-electron chi connectivity index (χ1n) is 8.91. The number of halogens is 1. The van der Waals surface area contributed by atoms with E-state index in [1.54, 1.807) is 32.2 Å². The summed E-state index contributed by atoms with van der Waals surface area (Å²) in [6.07, 6.45) is 0. The van der Waals surface area contributed by atoms with E-state index in [9.17, 15) is 9.90 Å². The van der Waals surface area contributed by atoms with Crippen LogP contribution in [0.3, 0.4) is 0 Å². The van der Waals surface area contributed by atoms with Gasteiger partial charge < -0.3 is 15.2 Å². The summed E-state index contributed by atoms with van der Waals surface area (Å²) in [5, 5.41) is 13.7. The molecule has 3 aromatic carbocycles. The van der Waals surface area contributed by atoms with Gasteiger partial charge in [-0.25, -0.2) is 0 Å². The van der Waals surface area contributed by atoms with Gasteiger partial charge in [0.2, 0.25) is 0 Å². The Hall–Kier alpha value is -2.63. The van der Waals surface area contributed by atoms with E-state index in [0.29, 0.717) is 15.8 Å². The van der Waals surface area contributed by atoms with Crippen molar-refractivity contribution in [2.24, 2.45) is 0 Å². The minimum absolute atomic E-state index is 0.0835. The number of nitrogens with one attached hydrogen (secondary N) is 1. The molecule has 1 unspecified atom stereocenters. The van der Waals surface area contributed by atoms with Crippen molar-refractivity contribution in [2.75, 3.05) is 13.7 Å². The minimum atomic E-state index is -1.20. The predicted octanol–water partition coefficient (Wildman–Crippen LogP) is 4.76. The SMILES string of the molecule is COc1ccc(Br)c(C(=O)NCC(C)(O)c2ccc(-c3ccccc3)cc2)c1. The monoisotopic (exact) mass is 439 g/mol. The molecule has 0 aliphatic rings. The highest BCUT2D eigenvalue weighted by molar-refractivity contribution is 9.10. The summed E-state index contributed by atoms with van der Waals surface area (Å²) >= 11 is 3.38. The van der Waals surface area contributed by atoms with Gasteiger partial charge in [0.25, 0.3) is 5.91 Å². The molecule has 2 N–H and O–H groups in total. The molecule has 4 nitrogen and oxygen atoms in total. The summed E-state index contributed by atoms with van der Waals surface area (Å²) in [4.78, 5) is 12.5. The normalized spacial score (nSPS) is 12.9. The molecule has 3 aromatic rings. The van der Waals surface area contributed by atoms with Gasteiger partial charge in [0, 0.05) is 4.47 Å². The molecular weight excluding hydrogens is 418 g/mol. The lowest BCUT2D eigenvalue weighted by Gasteiger charge is -2.24. The van der Waals surface area contributed by atoms with Gasteiger partial charge >= 0.3 is 0 Å². The van der Waals surface area contributed by atoms with Crippen molar-refractivity contribution in [3.8, 4) is 16.9 Å². The first-order chi connectivity index (χ1) is 13.4. The number of amides is 1. The molecule has 144 valence electrons. The second-order valence-corrected chi connectivity index (χ2v) is 7.60. The molecule has 1 atom stereocenters. The molecule has 0 saturated heterocycles. The standard InChI is InChI=1S/C23H22BrNO3/c1-23(27,15-25-22(26)20-14-19(28-2)12-13-21(20)24)18-10-8-17(9-11-18)16-6-4-3-5-7-16/h3-14,27H,15H2,1-2H3,(H,25,26). The quantitative estimate of drug-likeness (QED) is 0.581. The second kappa shape index (κ2) is 8.59. The van der Waals surface area contributed by atoms with Crippen LogP contribution < -0.4 is 10.1 Å². The Balaban J connectivity index is 1.71. The lowest BCUT2D eigenvalue weighted by atomic mass is 9.93. The Morgan fingerprint density at radius 2 is 1.68 bits per heavy atom. The van der Waals surface area contributed by atoms with Crippen molar-refractivity contribution in [1.82, 2.24) is 5.32 Å². The minimum Gasteiger partial charge on any atom is -0.497 e. The van der Waals surface area contributed by atoms with Crippen LogP contribution in [0, 0.1) is 0 Å². The summed E-state index contributed by atoms with van der Waals surface area (Å²) in [5.41, 5.74) is 2.18. The van der Waals surface area contributed by atoms with Crippen LogP contribution in [0.5, 0.6) is 5.75 Å². The maximum absolute atomic E-state index is 12.5. The Kier molecular flexibility index (Phi) is 6.17. The third-order valence-corrected chi connectivity index (χ3v) is 5.32. The van der Waals surface area contributed by atoms with Gasteiger partial charge in [-0.1, -0.05) is 54.6 Å². The zero-order valence-corrected chi connectivity index (χ0v) is 17.4. The maximum Gasteiger partial charge on any atom is 0.252 e. The lowest BCUT2D eigenvalue weighted by Crippen LogP contribution is -2.38. The van der Waals surface area contributed by atoms with E-state index in [2.05, 4.69) is 21.2 Å². The third-order valence-electron chi connectivity index (χ3n) is 4.63. The third kappa shape index (κ3) is 4.61. The van der Waals surface area contributed by atoms with Gasteiger partial charge in [-0.05, 0) is 57.7 Å². The summed E-state index contributed by atoms with van der Waals surface area (Å²) in [6, 6.07) is 22.9. The van der Waals surface area contributed by atoms with E-state index in [4.69, 9.17) is 4.74 Å². The number of rotatable bonds is 6. The van der Waals surface area contributed by atoms with Crippen LogP contribution in [-0.2, 0) is 5.60 Å². The van der Waals surface area contributed by atoms with Crippen molar-refractivity contribution < 1.29 is 14.6 Å². The Labute approximate surface area is 173 Å². The fraction of sp³-hybridized carbons (Fsp3) is 0.174. The van der Waals surface area contributed by atoms with Crippen molar-refractivity contribution in [3.05, 3.63) is 88.4 Å². The number of benzene rings is 3. The Morgan fingerprint density at radius 3 is 2.32 bits per heavy atom.